The number of ether oxygens (including phenoxy) is 4. The van der Waals surface area contributed by atoms with Crippen molar-refractivity contribution < 1.29 is 18.9 Å². The van der Waals surface area contributed by atoms with Crippen molar-refractivity contribution in [3.8, 4) is 23.0 Å². The van der Waals surface area contributed by atoms with Crippen molar-refractivity contribution in [2.24, 2.45) is 0 Å². The molecule has 0 unspecified atom stereocenters. The zero-order valence-electron chi connectivity index (χ0n) is 25.2. The van der Waals surface area contributed by atoms with Gasteiger partial charge < -0.3 is 18.9 Å². The van der Waals surface area contributed by atoms with Gasteiger partial charge in [-0.05, 0) is 70.8 Å². The highest BCUT2D eigenvalue weighted by molar-refractivity contribution is 5.30. The van der Waals surface area contributed by atoms with Gasteiger partial charge in [-0.25, -0.2) is 0 Å². The fraction of sp³-hybridized carbons (Fsp3) is 0.278. The first kappa shape index (κ1) is 30.7. The summed E-state index contributed by atoms with van der Waals surface area (Å²) in [7, 11) is 6.79. The van der Waals surface area contributed by atoms with E-state index >= 15 is 0 Å². The molecule has 42 heavy (non-hydrogen) atoms. The van der Waals surface area contributed by atoms with E-state index in [0.29, 0.717) is 0 Å². The van der Waals surface area contributed by atoms with E-state index in [2.05, 4.69) is 70.5 Å². The molecule has 0 aliphatic carbocycles. The Morgan fingerprint density at radius 3 is 0.786 bits per heavy atom. The van der Waals surface area contributed by atoms with Gasteiger partial charge in [-0.2, -0.15) is 0 Å². The van der Waals surface area contributed by atoms with E-state index in [1.54, 1.807) is 28.4 Å². The zero-order chi connectivity index (χ0) is 29.6. The van der Waals surface area contributed by atoms with Gasteiger partial charge >= 0.3 is 0 Å². The van der Waals surface area contributed by atoms with E-state index in [1.165, 1.54) is 22.3 Å². The molecule has 0 aliphatic rings. The Bertz CT molecular complexity index is 1150. The van der Waals surface area contributed by atoms with E-state index < -0.39 is 0 Å². The van der Waals surface area contributed by atoms with Gasteiger partial charge in [-0.3, -0.25) is 9.80 Å². The standard InChI is InChI=1S/C36H42N2O4/c1-39-33-15-7-29(8-16-33)25-37(26-30-9-17-34(40-2)18-10-30)23-5-6-24-38(27-31-11-19-35(41-3)20-12-31)28-32-13-21-36(42-4)22-14-32/h5-22H,23-28H2,1-4H3. The molecule has 0 aliphatic heterocycles. The minimum atomic E-state index is 0.830. The Labute approximate surface area is 250 Å². The predicted molar refractivity (Wildman–Crippen MR) is 169 cm³/mol. The highest BCUT2D eigenvalue weighted by Crippen LogP contribution is 2.19. The first-order chi connectivity index (χ1) is 20.6. The topological polar surface area (TPSA) is 43.4 Å². The van der Waals surface area contributed by atoms with Crippen molar-refractivity contribution in [3.05, 3.63) is 131 Å². The number of methoxy groups -OCH3 is 4. The molecule has 4 rings (SSSR count). The van der Waals surface area contributed by atoms with Crippen LogP contribution in [0, 0.1) is 0 Å². The summed E-state index contributed by atoms with van der Waals surface area (Å²) in [6.07, 6.45) is 4.56. The molecule has 0 N–H and O–H groups in total. The lowest BCUT2D eigenvalue weighted by Crippen LogP contribution is -2.25. The molecule has 0 heterocycles. The lowest BCUT2D eigenvalue weighted by atomic mass is 10.1. The van der Waals surface area contributed by atoms with Crippen molar-refractivity contribution in [3.63, 3.8) is 0 Å². The van der Waals surface area contributed by atoms with Crippen LogP contribution >= 0.6 is 0 Å². The molecule has 0 spiro atoms. The number of hydrogen-bond acceptors (Lipinski definition) is 6. The quantitative estimate of drug-likeness (QED) is 0.136. The van der Waals surface area contributed by atoms with Crippen LogP contribution in [-0.2, 0) is 26.2 Å². The maximum Gasteiger partial charge on any atom is 0.118 e. The molecular weight excluding hydrogens is 524 g/mol. The van der Waals surface area contributed by atoms with Gasteiger partial charge in [0.25, 0.3) is 0 Å². The van der Waals surface area contributed by atoms with Crippen molar-refractivity contribution in [1.82, 2.24) is 9.80 Å². The average molecular weight is 567 g/mol. The first-order valence-electron chi connectivity index (χ1n) is 14.2. The summed E-state index contributed by atoms with van der Waals surface area (Å²) in [5.41, 5.74) is 4.99. The van der Waals surface area contributed by atoms with Gasteiger partial charge in [-0.1, -0.05) is 60.7 Å². The van der Waals surface area contributed by atoms with Gasteiger partial charge in [0.05, 0.1) is 28.4 Å². The Balaban J connectivity index is 1.44. The van der Waals surface area contributed by atoms with Crippen molar-refractivity contribution in [1.29, 1.82) is 0 Å². The molecule has 0 amide bonds. The minimum absolute atomic E-state index is 0.830. The van der Waals surface area contributed by atoms with Crippen LogP contribution in [0.5, 0.6) is 23.0 Å². The van der Waals surface area contributed by atoms with Crippen LogP contribution in [-0.4, -0.2) is 51.3 Å². The van der Waals surface area contributed by atoms with Crippen molar-refractivity contribution in [2.45, 2.75) is 26.2 Å². The van der Waals surface area contributed by atoms with Crippen LogP contribution in [0.2, 0.25) is 0 Å². The molecule has 6 nitrogen and oxygen atoms in total. The molecule has 0 saturated heterocycles. The van der Waals surface area contributed by atoms with E-state index in [0.717, 1.165) is 62.3 Å². The van der Waals surface area contributed by atoms with Gasteiger partial charge in [0.15, 0.2) is 0 Å². The Morgan fingerprint density at radius 2 is 0.595 bits per heavy atom. The molecule has 0 saturated carbocycles. The van der Waals surface area contributed by atoms with Crippen LogP contribution in [0.4, 0.5) is 0 Å². The third-order valence-electron chi connectivity index (χ3n) is 7.15. The second-order valence-electron chi connectivity index (χ2n) is 10.2. The van der Waals surface area contributed by atoms with Crippen LogP contribution in [0.3, 0.4) is 0 Å². The average Bonchev–Trinajstić information content (AvgIpc) is 3.04. The summed E-state index contributed by atoms with van der Waals surface area (Å²) in [5.74, 6) is 3.48. The van der Waals surface area contributed by atoms with Gasteiger partial charge in [0.2, 0.25) is 0 Å². The van der Waals surface area contributed by atoms with Crippen molar-refractivity contribution >= 4 is 0 Å². The van der Waals surface area contributed by atoms with E-state index in [-0.39, 0.29) is 0 Å². The van der Waals surface area contributed by atoms with Crippen LogP contribution in [0.1, 0.15) is 22.3 Å². The van der Waals surface area contributed by atoms with E-state index in [4.69, 9.17) is 18.9 Å². The molecule has 0 fully saturated rings. The van der Waals surface area contributed by atoms with E-state index in [1.807, 2.05) is 48.5 Å². The normalized spacial score (nSPS) is 11.3. The molecule has 6 heteroatoms. The summed E-state index contributed by atoms with van der Waals surface area (Å²) in [6.45, 7) is 5.00. The zero-order valence-corrected chi connectivity index (χ0v) is 25.2. The maximum absolute atomic E-state index is 5.35. The van der Waals surface area contributed by atoms with Crippen LogP contribution in [0.25, 0.3) is 0 Å². The molecule has 0 atom stereocenters. The summed E-state index contributed by atoms with van der Waals surface area (Å²) < 4.78 is 21.4. The lowest BCUT2D eigenvalue weighted by molar-refractivity contribution is 0.277. The number of nitrogens with zero attached hydrogens (tertiary/aromatic N) is 2. The summed E-state index contributed by atoms with van der Waals surface area (Å²) in [4.78, 5) is 4.88. The predicted octanol–water partition coefficient (Wildman–Crippen LogP) is 6.98. The highest BCUT2D eigenvalue weighted by Gasteiger charge is 2.09. The Kier molecular flexibility index (Phi) is 11.9. The van der Waals surface area contributed by atoms with Gasteiger partial charge in [-0.15, -0.1) is 0 Å². The lowest BCUT2D eigenvalue weighted by Gasteiger charge is -2.23. The highest BCUT2D eigenvalue weighted by atomic mass is 16.5. The number of rotatable bonds is 16. The molecular formula is C36H42N2O4. The maximum atomic E-state index is 5.35. The summed E-state index contributed by atoms with van der Waals surface area (Å²) >= 11 is 0. The Morgan fingerprint density at radius 1 is 0.381 bits per heavy atom. The Hall–Kier alpha value is -4.26. The fourth-order valence-electron chi connectivity index (χ4n) is 4.77. The third-order valence-corrected chi connectivity index (χ3v) is 7.15. The summed E-state index contributed by atoms with van der Waals surface area (Å²) in [6, 6.07) is 33.2. The molecule has 220 valence electrons. The molecule has 0 radical (unpaired) electrons. The summed E-state index contributed by atoms with van der Waals surface area (Å²) in [5, 5.41) is 0. The third kappa shape index (κ3) is 9.68. The molecule has 4 aromatic carbocycles. The number of benzene rings is 4. The minimum Gasteiger partial charge on any atom is -0.497 e. The number of hydrogen-bond donors (Lipinski definition) is 0. The van der Waals surface area contributed by atoms with Crippen LogP contribution < -0.4 is 18.9 Å². The van der Waals surface area contributed by atoms with Gasteiger partial charge in [0, 0.05) is 39.3 Å². The molecule has 0 bridgehead atoms. The van der Waals surface area contributed by atoms with Gasteiger partial charge in [0.1, 0.15) is 23.0 Å². The SMILES string of the molecule is COc1ccc(CN(CC=CCN(Cc2ccc(OC)cc2)Cc2ccc(OC)cc2)Cc2ccc(OC)cc2)cc1. The second kappa shape index (κ2) is 16.2. The second-order valence-corrected chi connectivity index (χ2v) is 10.2. The smallest absolute Gasteiger partial charge is 0.118 e. The molecule has 4 aromatic rings. The largest absolute Gasteiger partial charge is 0.497 e. The van der Waals surface area contributed by atoms with Crippen LogP contribution in [0.15, 0.2) is 109 Å². The monoisotopic (exact) mass is 566 g/mol. The van der Waals surface area contributed by atoms with E-state index in [9.17, 15) is 0 Å². The molecule has 0 aromatic heterocycles. The van der Waals surface area contributed by atoms with Crippen molar-refractivity contribution in [2.75, 3.05) is 41.5 Å². The fourth-order valence-corrected chi connectivity index (χ4v) is 4.77. The first-order valence-corrected chi connectivity index (χ1v) is 14.2.